The molecule has 1 saturated heterocycles. The quantitative estimate of drug-likeness (QED) is 0.495. The number of hydrogen-bond acceptors (Lipinski definition) is 4. The van der Waals surface area contributed by atoms with Gasteiger partial charge >= 0.3 is 13.2 Å². The molecule has 3 aromatic rings. The van der Waals surface area contributed by atoms with Gasteiger partial charge in [0.25, 0.3) is 0 Å². The summed E-state index contributed by atoms with van der Waals surface area (Å²) in [5.74, 6) is 0. The van der Waals surface area contributed by atoms with Gasteiger partial charge in [0.1, 0.15) is 5.60 Å². The van der Waals surface area contributed by atoms with Crippen molar-refractivity contribution < 1.29 is 18.8 Å². The number of hydrogen-bond donors (Lipinski definition) is 0. The Bertz CT molecular complexity index is 1140. The molecular weight excluding hydrogens is 413 g/mol. The number of benzene rings is 2. The summed E-state index contributed by atoms with van der Waals surface area (Å²) in [6, 6.07) is 18.4. The molecule has 0 spiro atoms. The lowest BCUT2D eigenvalue weighted by Crippen LogP contribution is -2.41. The van der Waals surface area contributed by atoms with Crippen molar-refractivity contribution in [1.29, 1.82) is 0 Å². The standard InChI is InChI=1S/C27H34BNO4/c1-25(2,3)31-24(30)29-22(15-13-19-11-9-8-10-12-19)18-20-17-21(14-16-23(20)29)28-32-26(4,5)27(6,7)33-28/h8-12,14,16-18H,13,15H2,1-7H3. The molecule has 1 aliphatic heterocycles. The van der Waals surface area contributed by atoms with Crippen LogP contribution in [0.5, 0.6) is 0 Å². The maximum absolute atomic E-state index is 13.2. The van der Waals surface area contributed by atoms with Crippen LogP contribution in [-0.2, 0) is 26.9 Å². The van der Waals surface area contributed by atoms with E-state index in [1.807, 2.05) is 78.8 Å². The number of aromatic nitrogens is 1. The summed E-state index contributed by atoms with van der Waals surface area (Å²) in [6.45, 7) is 13.8. The van der Waals surface area contributed by atoms with Crippen LogP contribution >= 0.6 is 0 Å². The third kappa shape index (κ3) is 4.87. The second kappa shape index (κ2) is 8.34. The molecule has 0 saturated carbocycles. The molecule has 1 aliphatic rings. The topological polar surface area (TPSA) is 49.7 Å². The number of nitrogens with zero attached hydrogens (tertiary/aromatic N) is 1. The minimum atomic E-state index is -0.576. The van der Waals surface area contributed by atoms with Crippen molar-refractivity contribution in [2.75, 3.05) is 0 Å². The van der Waals surface area contributed by atoms with E-state index in [0.29, 0.717) is 0 Å². The summed E-state index contributed by atoms with van der Waals surface area (Å²) < 4.78 is 19.9. The van der Waals surface area contributed by atoms with Crippen molar-refractivity contribution in [3.8, 4) is 0 Å². The van der Waals surface area contributed by atoms with Gasteiger partial charge in [-0.2, -0.15) is 0 Å². The van der Waals surface area contributed by atoms with Crippen molar-refractivity contribution >= 4 is 29.6 Å². The normalized spacial score (nSPS) is 17.5. The van der Waals surface area contributed by atoms with Gasteiger partial charge in [-0.1, -0.05) is 42.5 Å². The highest BCUT2D eigenvalue weighted by atomic mass is 16.7. The molecule has 0 amide bonds. The fourth-order valence-electron chi connectivity index (χ4n) is 4.04. The van der Waals surface area contributed by atoms with Crippen LogP contribution in [0.3, 0.4) is 0 Å². The average molecular weight is 447 g/mol. The average Bonchev–Trinajstić information content (AvgIpc) is 3.18. The van der Waals surface area contributed by atoms with Crippen LogP contribution in [0.1, 0.15) is 59.7 Å². The third-order valence-electron chi connectivity index (χ3n) is 6.52. The van der Waals surface area contributed by atoms with E-state index in [4.69, 9.17) is 14.0 Å². The summed E-state index contributed by atoms with van der Waals surface area (Å²) in [7, 11) is -0.447. The fourth-order valence-corrected chi connectivity index (χ4v) is 4.04. The van der Waals surface area contributed by atoms with E-state index in [-0.39, 0.29) is 6.09 Å². The Labute approximate surface area is 197 Å². The molecule has 2 aromatic carbocycles. The second-order valence-electron chi connectivity index (χ2n) is 10.8. The number of aryl methyl sites for hydroxylation is 2. The van der Waals surface area contributed by atoms with Crippen LogP contribution < -0.4 is 5.46 Å². The molecule has 0 aliphatic carbocycles. The van der Waals surface area contributed by atoms with E-state index in [0.717, 1.165) is 34.9 Å². The molecule has 1 aromatic heterocycles. The van der Waals surface area contributed by atoms with Crippen LogP contribution in [-0.4, -0.2) is 34.6 Å². The van der Waals surface area contributed by atoms with Gasteiger partial charge in [0.05, 0.1) is 16.7 Å². The first-order valence-corrected chi connectivity index (χ1v) is 11.6. The molecule has 5 nitrogen and oxygen atoms in total. The predicted molar refractivity (Wildman–Crippen MR) is 133 cm³/mol. The lowest BCUT2D eigenvalue weighted by atomic mass is 9.78. The van der Waals surface area contributed by atoms with Crippen LogP contribution in [0, 0.1) is 0 Å². The van der Waals surface area contributed by atoms with Gasteiger partial charge < -0.3 is 14.0 Å². The number of carbonyl (C=O) groups excluding carboxylic acids is 1. The molecule has 1 fully saturated rings. The highest BCUT2D eigenvalue weighted by Gasteiger charge is 2.51. The Morgan fingerprint density at radius 2 is 1.58 bits per heavy atom. The molecule has 4 rings (SSSR count). The maximum Gasteiger partial charge on any atom is 0.494 e. The lowest BCUT2D eigenvalue weighted by molar-refractivity contribution is 0.00578. The summed E-state index contributed by atoms with van der Waals surface area (Å²) in [5, 5.41) is 0.969. The minimum Gasteiger partial charge on any atom is -0.443 e. The van der Waals surface area contributed by atoms with Gasteiger partial charge in [-0.25, -0.2) is 9.36 Å². The first-order valence-electron chi connectivity index (χ1n) is 11.6. The maximum atomic E-state index is 13.2. The zero-order valence-electron chi connectivity index (χ0n) is 20.8. The Kier molecular flexibility index (Phi) is 5.96. The Morgan fingerprint density at radius 1 is 0.939 bits per heavy atom. The van der Waals surface area contributed by atoms with E-state index in [9.17, 15) is 4.79 Å². The largest absolute Gasteiger partial charge is 0.494 e. The molecule has 6 heteroatoms. The van der Waals surface area contributed by atoms with Crippen molar-refractivity contribution in [3.63, 3.8) is 0 Å². The monoisotopic (exact) mass is 447 g/mol. The molecule has 33 heavy (non-hydrogen) atoms. The highest BCUT2D eigenvalue weighted by molar-refractivity contribution is 6.62. The minimum absolute atomic E-state index is 0.357. The molecule has 2 heterocycles. The van der Waals surface area contributed by atoms with E-state index in [2.05, 4.69) is 24.3 Å². The predicted octanol–water partition coefficient (Wildman–Crippen LogP) is 5.51. The molecular formula is C27H34BNO4. The van der Waals surface area contributed by atoms with Gasteiger partial charge in [0.15, 0.2) is 0 Å². The molecule has 0 unspecified atom stereocenters. The van der Waals surface area contributed by atoms with Crippen molar-refractivity contribution in [3.05, 3.63) is 65.9 Å². The van der Waals surface area contributed by atoms with Gasteiger partial charge in [-0.3, -0.25) is 0 Å². The van der Waals surface area contributed by atoms with E-state index in [1.165, 1.54) is 5.56 Å². The van der Waals surface area contributed by atoms with Crippen molar-refractivity contribution in [1.82, 2.24) is 4.57 Å². The smallest absolute Gasteiger partial charge is 0.443 e. The van der Waals surface area contributed by atoms with Crippen molar-refractivity contribution in [2.24, 2.45) is 0 Å². The zero-order valence-corrected chi connectivity index (χ0v) is 20.8. The van der Waals surface area contributed by atoms with Crippen LogP contribution in [0.25, 0.3) is 10.9 Å². The van der Waals surface area contributed by atoms with Crippen LogP contribution in [0.15, 0.2) is 54.6 Å². The van der Waals surface area contributed by atoms with Crippen LogP contribution in [0.2, 0.25) is 0 Å². The van der Waals surface area contributed by atoms with E-state index >= 15 is 0 Å². The molecule has 0 N–H and O–H groups in total. The van der Waals surface area contributed by atoms with Gasteiger partial charge in [0.2, 0.25) is 0 Å². The molecule has 0 atom stereocenters. The summed E-state index contributed by atoms with van der Waals surface area (Å²) in [4.78, 5) is 13.2. The van der Waals surface area contributed by atoms with E-state index < -0.39 is 23.9 Å². The molecule has 174 valence electrons. The molecule has 0 radical (unpaired) electrons. The Balaban J connectivity index is 1.70. The third-order valence-corrected chi connectivity index (χ3v) is 6.52. The van der Waals surface area contributed by atoms with Crippen molar-refractivity contribution in [2.45, 2.75) is 78.1 Å². The Hall–Kier alpha value is -2.57. The van der Waals surface area contributed by atoms with E-state index in [1.54, 1.807) is 4.57 Å². The van der Waals surface area contributed by atoms with Gasteiger partial charge in [-0.15, -0.1) is 0 Å². The fraction of sp³-hybridized carbons (Fsp3) is 0.444. The zero-order chi connectivity index (χ0) is 24.0. The van der Waals surface area contributed by atoms with Crippen LogP contribution in [0.4, 0.5) is 4.79 Å². The van der Waals surface area contributed by atoms with Gasteiger partial charge in [-0.05, 0) is 84.5 Å². The summed E-state index contributed by atoms with van der Waals surface area (Å²) in [5.41, 5.74) is 2.54. The first-order chi connectivity index (χ1) is 15.4. The highest BCUT2D eigenvalue weighted by Crippen LogP contribution is 2.36. The SMILES string of the molecule is CC(C)(C)OC(=O)n1c(CCc2ccccc2)cc2cc(B3OC(C)(C)C(C)(C)O3)ccc21. The first kappa shape index (κ1) is 23.6. The Morgan fingerprint density at radius 3 is 2.18 bits per heavy atom. The second-order valence-corrected chi connectivity index (χ2v) is 10.8. The lowest BCUT2D eigenvalue weighted by Gasteiger charge is -2.32. The number of carbonyl (C=O) groups is 1. The summed E-state index contributed by atoms with van der Waals surface area (Å²) in [6.07, 6.45) is 1.21. The molecule has 0 bridgehead atoms. The number of ether oxygens (including phenoxy) is 1. The number of fused-ring (bicyclic) bond motifs is 1. The summed E-state index contributed by atoms with van der Waals surface area (Å²) >= 11 is 0. The number of rotatable bonds is 4. The van der Waals surface area contributed by atoms with Gasteiger partial charge in [0, 0.05) is 11.1 Å².